The minimum absolute atomic E-state index is 0.130. The third-order valence-electron chi connectivity index (χ3n) is 6.18. The van der Waals surface area contributed by atoms with E-state index in [0.29, 0.717) is 6.54 Å². The van der Waals surface area contributed by atoms with Crippen LogP contribution in [-0.4, -0.2) is 77.7 Å². The molecule has 1 saturated carbocycles. The average Bonchev–Trinajstić information content (AvgIpc) is 2.61. The van der Waals surface area contributed by atoms with Crippen molar-refractivity contribution in [3.05, 3.63) is 0 Å². The largest absolute Gasteiger partial charge is 0.392 e. The van der Waals surface area contributed by atoms with Crippen molar-refractivity contribution in [1.29, 1.82) is 0 Å². The molecular weight excluding hydrogens is 330 g/mol. The monoisotopic (exact) mass is 367 g/mol. The number of primary amides is 1. The molecular formula is C19H37N5O2. The molecule has 2 fully saturated rings. The molecule has 7 nitrogen and oxygen atoms in total. The van der Waals surface area contributed by atoms with Crippen LogP contribution in [0.15, 0.2) is 4.99 Å². The van der Waals surface area contributed by atoms with Crippen LogP contribution in [0.1, 0.15) is 53.4 Å². The van der Waals surface area contributed by atoms with E-state index in [9.17, 15) is 9.90 Å². The van der Waals surface area contributed by atoms with Crippen LogP contribution in [0.4, 0.5) is 0 Å². The number of rotatable bonds is 5. The predicted octanol–water partition coefficient (Wildman–Crippen LogP) is 0.775. The molecule has 1 amide bonds. The molecule has 0 bridgehead atoms. The Labute approximate surface area is 158 Å². The molecule has 0 aromatic heterocycles. The molecule has 1 saturated heterocycles. The molecule has 1 aliphatic carbocycles. The number of hydrogen-bond acceptors (Lipinski definition) is 4. The van der Waals surface area contributed by atoms with Crippen LogP contribution in [0.25, 0.3) is 0 Å². The summed E-state index contributed by atoms with van der Waals surface area (Å²) >= 11 is 0. The molecule has 2 rings (SSSR count). The molecule has 0 spiro atoms. The van der Waals surface area contributed by atoms with Crippen molar-refractivity contribution in [2.24, 2.45) is 16.1 Å². The Bertz CT molecular complexity index is 514. The van der Waals surface area contributed by atoms with E-state index in [1.807, 2.05) is 13.8 Å². The van der Waals surface area contributed by atoms with Gasteiger partial charge < -0.3 is 21.1 Å². The van der Waals surface area contributed by atoms with Gasteiger partial charge in [-0.1, -0.05) is 19.8 Å². The zero-order valence-electron chi connectivity index (χ0n) is 16.9. The number of nitrogens with two attached hydrogens (primary N) is 1. The van der Waals surface area contributed by atoms with Gasteiger partial charge in [-0.25, -0.2) is 0 Å². The molecule has 0 radical (unpaired) electrons. The number of hydrogen-bond donors (Lipinski definition) is 3. The van der Waals surface area contributed by atoms with Gasteiger partial charge in [0.05, 0.1) is 18.2 Å². The molecule has 0 aromatic rings. The van der Waals surface area contributed by atoms with Gasteiger partial charge in [-0.05, 0) is 33.6 Å². The molecule has 1 aliphatic heterocycles. The minimum atomic E-state index is -0.624. The summed E-state index contributed by atoms with van der Waals surface area (Å²) in [6.45, 7) is 12.6. The number of aliphatic hydroxyl groups excluding tert-OH is 1. The number of aliphatic hydroxyl groups is 1. The van der Waals surface area contributed by atoms with Crippen LogP contribution in [0.5, 0.6) is 0 Å². The first-order valence-corrected chi connectivity index (χ1v) is 9.97. The van der Waals surface area contributed by atoms with E-state index in [0.717, 1.165) is 57.9 Å². The normalized spacial score (nSPS) is 28.9. The maximum absolute atomic E-state index is 11.7. The molecule has 7 heteroatoms. The van der Waals surface area contributed by atoms with Crippen molar-refractivity contribution in [3.63, 3.8) is 0 Å². The highest BCUT2D eigenvalue weighted by molar-refractivity contribution is 5.84. The van der Waals surface area contributed by atoms with Gasteiger partial charge in [0, 0.05) is 38.1 Å². The number of aliphatic imine (C=N–C) groups is 1. The molecule has 1 heterocycles. The van der Waals surface area contributed by atoms with Crippen LogP contribution < -0.4 is 11.1 Å². The topological polar surface area (TPSA) is 94.2 Å². The lowest BCUT2D eigenvalue weighted by Gasteiger charge is -2.43. The van der Waals surface area contributed by atoms with Crippen LogP contribution in [0, 0.1) is 5.41 Å². The SMILES string of the molecule is CCNC(=NCC1(C)CCCCC1O)N1CCN(C(C)(C)C(N)=O)CC1. The summed E-state index contributed by atoms with van der Waals surface area (Å²) in [7, 11) is 0. The van der Waals surface area contributed by atoms with E-state index >= 15 is 0 Å². The standard InChI is InChI=1S/C19H37N5O2/c1-5-21-17(22-14-19(4)9-7-6-8-15(19)25)23-10-12-24(13-11-23)18(2,3)16(20)26/h15,25H,5-14H2,1-4H3,(H2,20,26)(H,21,22). The lowest BCUT2D eigenvalue weighted by atomic mass is 9.73. The highest BCUT2D eigenvalue weighted by Gasteiger charge is 2.37. The smallest absolute Gasteiger partial charge is 0.237 e. The Morgan fingerprint density at radius 3 is 2.50 bits per heavy atom. The van der Waals surface area contributed by atoms with Crippen molar-refractivity contribution >= 4 is 11.9 Å². The maximum Gasteiger partial charge on any atom is 0.237 e. The van der Waals surface area contributed by atoms with Gasteiger partial charge in [-0.2, -0.15) is 0 Å². The van der Waals surface area contributed by atoms with Crippen molar-refractivity contribution in [1.82, 2.24) is 15.1 Å². The lowest BCUT2D eigenvalue weighted by Crippen LogP contribution is -2.61. The summed E-state index contributed by atoms with van der Waals surface area (Å²) < 4.78 is 0. The zero-order valence-corrected chi connectivity index (χ0v) is 16.9. The van der Waals surface area contributed by atoms with Gasteiger partial charge in [-0.15, -0.1) is 0 Å². The third kappa shape index (κ3) is 4.68. The molecule has 2 unspecified atom stereocenters. The van der Waals surface area contributed by atoms with Crippen molar-refractivity contribution < 1.29 is 9.90 Å². The lowest BCUT2D eigenvalue weighted by molar-refractivity contribution is -0.129. The van der Waals surface area contributed by atoms with Gasteiger partial charge in [0.15, 0.2) is 5.96 Å². The van der Waals surface area contributed by atoms with Gasteiger partial charge >= 0.3 is 0 Å². The molecule has 2 atom stereocenters. The number of carbonyl (C=O) groups is 1. The molecule has 4 N–H and O–H groups in total. The summed E-state index contributed by atoms with van der Waals surface area (Å²) in [5.74, 6) is 0.619. The fourth-order valence-electron chi connectivity index (χ4n) is 3.88. The number of nitrogens with one attached hydrogen (secondary N) is 1. The fourth-order valence-corrected chi connectivity index (χ4v) is 3.88. The first-order chi connectivity index (χ1) is 12.2. The van der Waals surface area contributed by atoms with E-state index in [-0.39, 0.29) is 17.4 Å². The minimum Gasteiger partial charge on any atom is -0.392 e. The maximum atomic E-state index is 11.7. The summed E-state index contributed by atoms with van der Waals surface area (Å²) in [6, 6.07) is 0. The fraction of sp³-hybridized carbons (Fsp3) is 0.895. The summed E-state index contributed by atoms with van der Waals surface area (Å²) in [4.78, 5) is 20.9. The van der Waals surface area contributed by atoms with E-state index in [4.69, 9.17) is 10.7 Å². The number of guanidine groups is 1. The Morgan fingerprint density at radius 1 is 1.31 bits per heavy atom. The third-order valence-corrected chi connectivity index (χ3v) is 6.18. The second kappa shape index (κ2) is 8.57. The number of carbonyl (C=O) groups excluding carboxylic acids is 1. The quantitative estimate of drug-likeness (QED) is 0.493. The van der Waals surface area contributed by atoms with Crippen LogP contribution in [-0.2, 0) is 4.79 Å². The Kier molecular flexibility index (Phi) is 6.91. The highest BCUT2D eigenvalue weighted by Crippen LogP contribution is 2.36. The van der Waals surface area contributed by atoms with Crippen molar-refractivity contribution in [2.45, 2.75) is 65.0 Å². The van der Waals surface area contributed by atoms with Crippen molar-refractivity contribution in [3.8, 4) is 0 Å². The van der Waals surface area contributed by atoms with Gasteiger partial charge in [0.2, 0.25) is 5.91 Å². The van der Waals surface area contributed by atoms with Gasteiger partial charge in [0.25, 0.3) is 0 Å². The molecule has 150 valence electrons. The molecule has 0 aromatic carbocycles. The molecule has 2 aliphatic rings. The Morgan fingerprint density at radius 2 is 1.96 bits per heavy atom. The summed E-state index contributed by atoms with van der Waals surface area (Å²) in [5.41, 5.74) is 4.79. The van der Waals surface area contributed by atoms with E-state index < -0.39 is 5.54 Å². The first kappa shape index (κ1) is 21.0. The summed E-state index contributed by atoms with van der Waals surface area (Å²) in [6.07, 6.45) is 3.91. The number of piperazine rings is 1. The van der Waals surface area contributed by atoms with Crippen LogP contribution in [0.3, 0.4) is 0 Å². The second-order valence-electron chi connectivity index (χ2n) is 8.48. The number of amides is 1. The van der Waals surface area contributed by atoms with Gasteiger partial charge in [-0.3, -0.25) is 14.7 Å². The Hall–Kier alpha value is -1.34. The van der Waals surface area contributed by atoms with E-state index in [1.54, 1.807) is 0 Å². The van der Waals surface area contributed by atoms with Crippen LogP contribution >= 0.6 is 0 Å². The van der Waals surface area contributed by atoms with Crippen molar-refractivity contribution in [2.75, 3.05) is 39.3 Å². The molecule has 26 heavy (non-hydrogen) atoms. The van der Waals surface area contributed by atoms with E-state index in [1.165, 1.54) is 6.42 Å². The predicted molar refractivity (Wildman–Crippen MR) is 105 cm³/mol. The average molecular weight is 368 g/mol. The highest BCUT2D eigenvalue weighted by atomic mass is 16.3. The first-order valence-electron chi connectivity index (χ1n) is 9.97. The zero-order chi connectivity index (χ0) is 19.4. The number of nitrogens with zero attached hydrogens (tertiary/aromatic N) is 3. The Balaban J connectivity index is 2.01. The van der Waals surface area contributed by atoms with E-state index in [2.05, 4.69) is 29.0 Å². The van der Waals surface area contributed by atoms with Crippen LogP contribution in [0.2, 0.25) is 0 Å². The second-order valence-corrected chi connectivity index (χ2v) is 8.48. The summed E-state index contributed by atoms with van der Waals surface area (Å²) in [5, 5.41) is 13.8. The van der Waals surface area contributed by atoms with Gasteiger partial charge in [0.1, 0.15) is 0 Å².